The maximum absolute atomic E-state index is 11.4. The van der Waals surface area contributed by atoms with Gasteiger partial charge < -0.3 is 10.8 Å². The summed E-state index contributed by atoms with van der Waals surface area (Å²) < 4.78 is 0. The van der Waals surface area contributed by atoms with E-state index in [1.54, 1.807) is 6.92 Å². The van der Waals surface area contributed by atoms with E-state index in [0.29, 0.717) is 0 Å². The van der Waals surface area contributed by atoms with Crippen molar-refractivity contribution in [2.24, 2.45) is 16.8 Å². The summed E-state index contributed by atoms with van der Waals surface area (Å²) in [5.74, 6) is -2.55. The van der Waals surface area contributed by atoms with E-state index in [1.165, 1.54) is 0 Å². The van der Waals surface area contributed by atoms with Crippen molar-refractivity contribution in [2.45, 2.75) is 19.8 Å². The average molecular weight is 227 g/mol. The molecule has 0 aromatic carbocycles. The molecular formula is C9H13N3O4. The summed E-state index contributed by atoms with van der Waals surface area (Å²) in [7, 11) is 0. The van der Waals surface area contributed by atoms with Gasteiger partial charge in [-0.05, 0) is 0 Å². The Morgan fingerprint density at radius 1 is 1.56 bits per heavy atom. The van der Waals surface area contributed by atoms with Crippen LogP contribution in [0.5, 0.6) is 0 Å². The van der Waals surface area contributed by atoms with Crippen molar-refractivity contribution in [1.82, 2.24) is 5.01 Å². The molecule has 1 unspecified atom stereocenters. The highest BCUT2D eigenvalue weighted by Crippen LogP contribution is 2.11. The van der Waals surface area contributed by atoms with Crippen molar-refractivity contribution in [3.05, 3.63) is 0 Å². The molecule has 7 heteroatoms. The Labute approximate surface area is 91.9 Å². The van der Waals surface area contributed by atoms with Crippen LogP contribution in [0.4, 0.5) is 0 Å². The SMILES string of the molecule is CC(CN1N=C(C(=O)O)CCC1=O)C(N)=O. The molecule has 0 aromatic heterocycles. The molecule has 1 atom stereocenters. The highest BCUT2D eigenvalue weighted by atomic mass is 16.4. The number of aliphatic carboxylic acids is 1. The Kier molecular flexibility index (Phi) is 3.60. The first-order chi connectivity index (χ1) is 7.41. The van der Waals surface area contributed by atoms with Crippen molar-refractivity contribution in [3.8, 4) is 0 Å². The predicted molar refractivity (Wildman–Crippen MR) is 54.4 cm³/mol. The first-order valence-corrected chi connectivity index (χ1v) is 4.82. The molecule has 16 heavy (non-hydrogen) atoms. The largest absolute Gasteiger partial charge is 0.477 e. The number of nitrogens with two attached hydrogens (primary N) is 1. The number of hydrogen-bond donors (Lipinski definition) is 2. The number of primary amides is 1. The Balaban J connectivity index is 2.77. The number of rotatable bonds is 4. The number of hydrogen-bond acceptors (Lipinski definition) is 4. The van der Waals surface area contributed by atoms with Gasteiger partial charge in [0.1, 0.15) is 5.71 Å². The third kappa shape index (κ3) is 2.78. The lowest BCUT2D eigenvalue weighted by atomic mass is 10.1. The molecule has 0 saturated heterocycles. The summed E-state index contributed by atoms with van der Waals surface area (Å²) in [6.45, 7) is 1.57. The Morgan fingerprint density at radius 2 is 2.19 bits per heavy atom. The minimum Gasteiger partial charge on any atom is -0.477 e. The van der Waals surface area contributed by atoms with E-state index in [4.69, 9.17) is 10.8 Å². The molecule has 3 N–H and O–H groups in total. The predicted octanol–water partition coefficient (Wildman–Crippen LogP) is -0.829. The number of hydrazone groups is 1. The Hall–Kier alpha value is -1.92. The molecule has 0 bridgehead atoms. The van der Waals surface area contributed by atoms with Gasteiger partial charge in [-0.2, -0.15) is 5.10 Å². The molecule has 0 radical (unpaired) electrons. The summed E-state index contributed by atoms with van der Waals surface area (Å²) in [5, 5.41) is 13.4. The molecule has 1 heterocycles. The average Bonchev–Trinajstić information content (AvgIpc) is 2.20. The molecule has 0 saturated carbocycles. The summed E-state index contributed by atoms with van der Waals surface area (Å²) in [6.07, 6.45) is 0.215. The third-order valence-corrected chi connectivity index (χ3v) is 2.28. The van der Waals surface area contributed by atoms with Crippen LogP contribution in [0.2, 0.25) is 0 Å². The molecule has 88 valence electrons. The van der Waals surface area contributed by atoms with Crippen LogP contribution in [0.3, 0.4) is 0 Å². The van der Waals surface area contributed by atoms with Crippen LogP contribution in [-0.2, 0) is 14.4 Å². The van der Waals surface area contributed by atoms with E-state index in [9.17, 15) is 14.4 Å². The van der Waals surface area contributed by atoms with Crippen molar-refractivity contribution in [3.63, 3.8) is 0 Å². The monoisotopic (exact) mass is 227 g/mol. The normalized spacial score (nSPS) is 17.9. The second-order valence-corrected chi connectivity index (χ2v) is 3.63. The van der Waals surface area contributed by atoms with Crippen molar-refractivity contribution in [1.29, 1.82) is 0 Å². The molecule has 1 aliphatic rings. The highest BCUT2D eigenvalue weighted by molar-refractivity contribution is 6.36. The van der Waals surface area contributed by atoms with E-state index in [-0.39, 0.29) is 31.0 Å². The molecule has 0 fully saturated rings. The van der Waals surface area contributed by atoms with Gasteiger partial charge in [0.05, 0.1) is 12.5 Å². The fraction of sp³-hybridized carbons (Fsp3) is 0.556. The van der Waals surface area contributed by atoms with Crippen molar-refractivity contribution < 1.29 is 19.5 Å². The molecule has 0 aromatic rings. The zero-order valence-electron chi connectivity index (χ0n) is 8.84. The van der Waals surface area contributed by atoms with Crippen molar-refractivity contribution >= 4 is 23.5 Å². The van der Waals surface area contributed by atoms with Gasteiger partial charge in [-0.15, -0.1) is 0 Å². The fourth-order valence-corrected chi connectivity index (χ4v) is 1.25. The zero-order valence-corrected chi connectivity index (χ0v) is 8.84. The van der Waals surface area contributed by atoms with E-state index < -0.39 is 17.8 Å². The van der Waals surface area contributed by atoms with Crippen LogP contribution in [0.15, 0.2) is 5.10 Å². The lowest BCUT2D eigenvalue weighted by molar-refractivity contribution is -0.134. The molecule has 0 spiro atoms. The van der Waals surface area contributed by atoms with E-state index >= 15 is 0 Å². The van der Waals surface area contributed by atoms with Crippen LogP contribution in [0.25, 0.3) is 0 Å². The molecule has 0 aliphatic carbocycles. The minimum atomic E-state index is -1.15. The Bertz CT molecular complexity index is 364. The van der Waals surface area contributed by atoms with Crippen LogP contribution in [0.1, 0.15) is 19.8 Å². The minimum absolute atomic E-state index is 0.0188. The van der Waals surface area contributed by atoms with Crippen LogP contribution in [0, 0.1) is 5.92 Å². The lowest BCUT2D eigenvalue weighted by Crippen LogP contribution is -2.39. The first kappa shape index (κ1) is 12.2. The maximum Gasteiger partial charge on any atom is 0.352 e. The number of carbonyl (C=O) groups is 3. The van der Waals surface area contributed by atoms with Gasteiger partial charge in [0, 0.05) is 12.8 Å². The number of amides is 2. The molecule has 7 nitrogen and oxygen atoms in total. The summed E-state index contributed by atoms with van der Waals surface area (Å²) in [4.78, 5) is 32.9. The second kappa shape index (κ2) is 4.73. The molecule has 2 amide bonds. The Morgan fingerprint density at radius 3 is 2.69 bits per heavy atom. The van der Waals surface area contributed by atoms with Gasteiger partial charge in [-0.1, -0.05) is 6.92 Å². The smallest absolute Gasteiger partial charge is 0.352 e. The quantitative estimate of drug-likeness (QED) is 0.652. The summed E-state index contributed by atoms with van der Waals surface area (Å²) in [6, 6.07) is 0. The number of nitrogens with zero attached hydrogens (tertiary/aromatic N) is 2. The van der Waals surface area contributed by atoms with E-state index in [0.717, 1.165) is 5.01 Å². The lowest BCUT2D eigenvalue weighted by Gasteiger charge is -2.23. The van der Waals surface area contributed by atoms with Crippen molar-refractivity contribution in [2.75, 3.05) is 6.54 Å². The van der Waals surface area contributed by atoms with Gasteiger partial charge >= 0.3 is 5.97 Å². The number of carboxylic acid groups (broad SMARTS) is 1. The zero-order chi connectivity index (χ0) is 12.3. The highest BCUT2D eigenvalue weighted by Gasteiger charge is 2.26. The molecule has 1 aliphatic heterocycles. The van der Waals surface area contributed by atoms with E-state index in [2.05, 4.69) is 5.10 Å². The first-order valence-electron chi connectivity index (χ1n) is 4.82. The standard InChI is InChI=1S/C9H13N3O4/c1-5(8(10)14)4-12-7(13)3-2-6(11-12)9(15)16/h5H,2-4H2,1H3,(H2,10,14)(H,15,16). The number of carbonyl (C=O) groups excluding carboxylic acids is 2. The molecular weight excluding hydrogens is 214 g/mol. The summed E-state index contributed by atoms with van der Waals surface area (Å²) >= 11 is 0. The topological polar surface area (TPSA) is 113 Å². The fourth-order valence-electron chi connectivity index (χ4n) is 1.25. The van der Waals surface area contributed by atoms with Gasteiger partial charge in [0.25, 0.3) is 0 Å². The molecule has 1 rings (SSSR count). The second-order valence-electron chi connectivity index (χ2n) is 3.63. The van der Waals surface area contributed by atoms with Crippen LogP contribution >= 0.6 is 0 Å². The van der Waals surface area contributed by atoms with Gasteiger partial charge in [-0.25, -0.2) is 9.80 Å². The summed E-state index contributed by atoms with van der Waals surface area (Å²) in [5.41, 5.74) is 4.98. The van der Waals surface area contributed by atoms with Crippen LogP contribution < -0.4 is 5.73 Å². The van der Waals surface area contributed by atoms with Gasteiger partial charge in [0.15, 0.2) is 0 Å². The third-order valence-electron chi connectivity index (χ3n) is 2.28. The maximum atomic E-state index is 11.4. The van der Waals surface area contributed by atoms with E-state index in [1.807, 2.05) is 0 Å². The van der Waals surface area contributed by atoms with Crippen LogP contribution in [-0.4, -0.2) is 40.2 Å². The van der Waals surface area contributed by atoms with Gasteiger partial charge in [-0.3, -0.25) is 9.59 Å². The van der Waals surface area contributed by atoms with Gasteiger partial charge in [0.2, 0.25) is 11.8 Å². The number of carboxylic acids is 1.